The first-order valence-corrected chi connectivity index (χ1v) is 13.3. The van der Waals surface area contributed by atoms with Gasteiger partial charge in [-0.15, -0.1) is 11.8 Å². The molecule has 0 aromatic carbocycles. The Morgan fingerprint density at radius 1 is 0.769 bits per heavy atom. The van der Waals surface area contributed by atoms with Gasteiger partial charge in [-0.05, 0) is 10.8 Å². The number of thioether (sulfide) groups is 1. The summed E-state index contributed by atoms with van der Waals surface area (Å²) in [5.74, 6) is 0.125. The molecule has 1 unspecified atom stereocenters. The van der Waals surface area contributed by atoms with Crippen molar-refractivity contribution in [3.63, 3.8) is 0 Å². The van der Waals surface area contributed by atoms with Crippen molar-refractivity contribution >= 4 is 35.4 Å². The van der Waals surface area contributed by atoms with E-state index in [4.69, 9.17) is 0 Å². The average Bonchev–Trinajstić information content (AvgIpc) is 2.89. The molecule has 1 atom stereocenters. The number of carbonyl (C=O) groups excluding carboxylic acids is 4. The number of hydrogen-bond acceptors (Lipinski definition) is 6. The zero-order valence-electron chi connectivity index (χ0n) is 24.1. The molecule has 1 aliphatic heterocycles. The number of amides is 4. The summed E-state index contributed by atoms with van der Waals surface area (Å²) in [6.07, 6.45) is 0.227. The fraction of sp³-hybridized carbons (Fsp3) is 0.867. The summed E-state index contributed by atoms with van der Waals surface area (Å²) in [6, 6.07) is 0. The second kappa shape index (κ2) is 18.7. The van der Waals surface area contributed by atoms with Crippen LogP contribution in [0.25, 0.3) is 0 Å². The Labute approximate surface area is 247 Å². The zero-order chi connectivity index (χ0) is 27.8. The second-order valence-corrected chi connectivity index (χ2v) is 14.7. The largest absolute Gasteiger partial charge is 0.347 e. The third-order valence-corrected chi connectivity index (χ3v) is 5.83. The summed E-state index contributed by atoms with van der Waals surface area (Å²) in [7, 11) is 0. The number of imide groups is 1. The number of hydrogen-bond donors (Lipinski definition) is 3. The average molecular weight is 579 g/mol. The van der Waals surface area contributed by atoms with E-state index in [1.54, 1.807) is 0 Å². The maximum Gasteiger partial charge on any atom is 0.242 e. The quantitative estimate of drug-likeness (QED) is 0.186. The molecule has 4 amide bonds. The van der Waals surface area contributed by atoms with E-state index in [1.807, 2.05) is 62.3 Å². The smallest absolute Gasteiger partial charge is 0.242 e. The number of carbonyl (C=O) groups is 4. The van der Waals surface area contributed by atoms with Crippen molar-refractivity contribution in [2.24, 2.45) is 21.7 Å². The van der Waals surface area contributed by atoms with Gasteiger partial charge in [0.1, 0.15) is 0 Å². The van der Waals surface area contributed by atoms with Gasteiger partial charge < -0.3 is 10.6 Å². The van der Waals surface area contributed by atoms with E-state index < -0.39 is 5.41 Å². The normalized spacial score (nSPS) is 15.4. The molecule has 3 N–H and O–H groups in total. The van der Waals surface area contributed by atoms with Gasteiger partial charge in [-0.2, -0.15) is 0 Å². The van der Waals surface area contributed by atoms with Crippen LogP contribution < -0.4 is 16.0 Å². The van der Waals surface area contributed by atoms with E-state index >= 15 is 0 Å². The molecule has 0 radical (unpaired) electrons. The van der Waals surface area contributed by atoms with Crippen LogP contribution in [0, 0.1) is 21.7 Å². The highest BCUT2D eigenvalue weighted by Crippen LogP contribution is 2.28. The van der Waals surface area contributed by atoms with Crippen molar-refractivity contribution in [3.8, 4) is 0 Å². The topological polar surface area (TPSA) is 108 Å². The van der Waals surface area contributed by atoms with Crippen LogP contribution >= 0.6 is 11.8 Å². The monoisotopic (exact) mass is 578 g/mol. The Bertz CT molecular complexity index is 742. The molecule has 0 spiro atoms. The fourth-order valence-electron chi connectivity index (χ4n) is 2.74. The van der Waals surface area contributed by atoms with Gasteiger partial charge in [-0.25, -0.2) is 0 Å². The SMILES string of the molecule is C.C.C.C.CC(C)(C)CN1C(=O)CC(SCNC(=O)C(C)(C)C)C1=O.CC(C)(C)CNCNC(=O)C(C)(C)C. The number of likely N-dealkylation sites (tertiary alicyclic amines) is 1. The summed E-state index contributed by atoms with van der Waals surface area (Å²) in [4.78, 5) is 48.7. The molecule has 1 rings (SSSR count). The van der Waals surface area contributed by atoms with E-state index in [1.165, 1.54) is 16.7 Å². The van der Waals surface area contributed by atoms with Crippen molar-refractivity contribution in [1.82, 2.24) is 20.9 Å². The van der Waals surface area contributed by atoms with E-state index in [9.17, 15) is 19.2 Å². The summed E-state index contributed by atoms with van der Waals surface area (Å²) in [6.45, 7) is 25.6. The van der Waals surface area contributed by atoms with Crippen LogP contribution in [0.5, 0.6) is 0 Å². The van der Waals surface area contributed by atoms with Gasteiger partial charge in [0, 0.05) is 30.3 Å². The van der Waals surface area contributed by atoms with Crippen LogP contribution in [0.1, 0.15) is 119 Å². The highest BCUT2D eigenvalue weighted by Gasteiger charge is 2.40. The first-order chi connectivity index (χ1) is 15.5. The lowest BCUT2D eigenvalue weighted by Gasteiger charge is -2.25. The second-order valence-electron chi connectivity index (χ2n) is 13.6. The standard InChI is InChI=1S/C15H26N2O3S.C11H24N2O.4CH4/c1-14(2,3)8-17-11(18)7-10(12(17)19)21-9-16-13(20)15(4,5)6;1-10(2,3)7-12-8-13-9(14)11(4,5)6;;;;/h10H,7-9H2,1-6H3,(H,16,20);12H,7-8H2,1-6H3,(H,13,14);4*1H4. The molecule has 0 aromatic rings. The fourth-order valence-corrected chi connectivity index (χ4v) is 3.69. The zero-order valence-corrected chi connectivity index (χ0v) is 24.9. The lowest BCUT2D eigenvalue weighted by molar-refractivity contribution is -0.139. The molecule has 9 heteroatoms. The molecule has 0 bridgehead atoms. The first-order valence-electron chi connectivity index (χ1n) is 12.3. The number of nitrogens with zero attached hydrogens (tertiary/aromatic N) is 1. The lowest BCUT2D eigenvalue weighted by atomic mass is 9.96. The Morgan fingerprint density at radius 2 is 1.21 bits per heavy atom. The van der Waals surface area contributed by atoms with Gasteiger partial charge in [-0.1, -0.05) is 113 Å². The van der Waals surface area contributed by atoms with Gasteiger partial charge in [-0.3, -0.25) is 29.4 Å². The highest BCUT2D eigenvalue weighted by molar-refractivity contribution is 8.00. The van der Waals surface area contributed by atoms with Crippen molar-refractivity contribution in [2.75, 3.05) is 25.6 Å². The first kappa shape index (κ1) is 47.2. The molecule has 1 heterocycles. The summed E-state index contributed by atoms with van der Waals surface area (Å²) in [5.41, 5.74) is -0.602. The number of rotatable bonds is 7. The molecule has 1 fully saturated rings. The van der Waals surface area contributed by atoms with E-state index in [0.29, 0.717) is 19.1 Å². The lowest BCUT2D eigenvalue weighted by Crippen LogP contribution is -2.42. The van der Waals surface area contributed by atoms with Crippen LogP contribution in [0.2, 0.25) is 0 Å². The van der Waals surface area contributed by atoms with Crippen LogP contribution in [-0.4, -0.2) is 59.4 Å². The minimum atomic E-state index is -0.450. The number of nitrogens with one attached hydrogen (secondary N) is 3. The highest BCUT2D eigenvalue weighted by atomic mass is 32.2. The maximum absolute atomic E-state index is 12.2. The Hall–Kier alpha value is -1.61. The summed E-state index contributed by atoms with van der Waals surface area (Å²) >= 11 is 1.33. The van der Waals surface area contributed by atoms with Crippen LogP contribution in [0.15, 0.2) is 0 Å². The minimum absolute atomic E-state index is 0. The Balaban J connectivity index is -0.000000191. The molecule has 0 saturated carbocycles. The van der Waals surface area contributed by atoms with Crippen molar-refractivity contribution in [3.05, 3.63) is 0 Å². The molecule has 1 saturated heterocycles. The van der Waals surface area contributed by atoms with Gasteiger partial charge in [0.15, 0.2) is 0 Å². The van der Waals surface area contributed by atoms with Gasteiger partial charge in [0.25, 0.3) is 0 Å². The van der Waals surface area contributed by atoms with Crippen molar-refractivity contribution in [1.29, 1.82) is 0 Å². The molecule has 0 aliphatic carbocycles. The molecular weight excluding hydrogens is 512 g/mol. The molecule has 1 aliphatic rings. The predicted octanol–water partition coefficient (Wildman–Crippen LogP) is 6.30. The van der Waals surface area contributed by atoms with Crippen molar-refractivity contribution in [2.45, 2.75) is 124 Å². The molecule has 236 valence electrons. The van der Waals surface area contributed by atoms with Crippen molar-refractivity contribution < 1.29 is 19.2 Å². The van der Waals surface area contributed by atoms with Gasteiger partial charge >= 0.3 is 0 Å². The third-order valence-electron chi connectivity index (χ3n) is 4.74. The van der Waals surface area contributed by atoms with Crippen LogP contribution in [0.4, 0.5) is 0 Å². The van der Waals surface area contributed by atoms with E-state index in [2.05, 4.69) is 36.7 Å². The minimum Gasteiger partial charge on any atom is -0.347 e. The molecule has 0 aromatic heterocycles. The Kier molecular flexibility index (Phi) is 22.6. The van der Waals surface area contributed by atoms with Gasteiger partial charge in [0.05, 0.1) is 17.8 Å². The van der Waals surface area contributed by atoms with Gasteiger partial charge in [0.2, 0.25) is 23.6 Å². The summed E-state index contributed by atoms with van der Waals surface area (Å²) < 4.78 is 0. The van der Waals surface area contributed by atoms with E-state index in [0.717, 1.165) is 6.54 Å². The predicted molar refractivity (Wildman–Crippen MR) is 171 cm³/mol. The Morgan fingerprint density at radius 3 is 1.59 bits per heavy atom. The molecular formula is C30H66N4O4S. The maximum atomic E-state index is 12.2. The van der Waals surface area contributed by atoms with Crippen LogP contribution in [0.3, 0.4) is 0 Å². The molecule has 8 nitrogen and oxygen atoms in total. The van der Waals surface area contributed by atoms with Crippen LogP contribution in [-0.2, 0) is 19.2 Å². The third kappa shape index (κ3) is 20.9. The molecule has 39 heavy (non-hydrogen) atoms. The summed E-state index contributed by atoms with van der Waals surface area (Å²) in [5, 5.41) is 8.46. The van der Waals surface area contributed by atoms with E-state index in [-0.39, 0.29) is 81.3 Å².